The van der Waals surface area contributed by atoms with Crippen molar-refractivity contribution in [3.05, 3.63) is 71.2 Å². The maximum atomic E-state index is 13.1. The molecule has 1 aliphatic rings. The SMILES string of the molecule is COc1ccc(CN2CCCc3[nH]nc4nc(NCCc5ccc(F)cc5)nc2c34)cc1. The van der Waals surface area contributed by atoms with Gasteiger partial charge in [-0.05, 0) is 54.7 Å². The highest BCUT2D eigenvalue weighted by Crippen LogP contribution is 2.32. The van der Waals surface area contributed by atoms with E-state index in [0.29, 0.717) is 18.1 Å². The Morgan fingerprint density at radius 2 is 1.84 bits per heavy atom. The second-order valence-corrected chi connectivity index (χ2v) is 7.95. The number of nitrogens with one attached hydrogen (secondary N) is 2. The minimum Gasteiger partial charge on any atom is -0.497 e. The van der Waals surface area contributed by atoms with Crippen molar-refractivity contribution >= 4 is 22.8 Å². The molecule has 0 saturated heterocycles. The Kier molecular flexibility index (Phi) is 5.58. The van der Waals surface area contributed by atoms with E-state index in [1.807, 2.05) is 12.1 Å². The van der Waals surface area contributed by atoms with Crippen molar-refractivity contribution in [1.29, 1.82) is 0 Å². The number of nitrogens with zero attached hydrogens (tertiary/aromatic N) is 4. The van der Waals surface area contributed by atoms with Crippen molar-refractivity contribution in [2.24, 2.45) is 0 Å². The summed E-state index contributed by atoms with van der Waals surface area (Å²) < 4.78 is 18.4. The first-order valence-electron chi connectivity index (χ1n) is 10.8. The van der Waals surface area contributed by atoms with Gasteiger partial charge in [0, 0.05) is 25.3 Å². The number of methoxy groups -OCH3 is 1. The maximum Gasteiger partial charge on any atom is 0.226 e. The Hall–Kier alpha value is -3.68. The smallest absolute Gasteiger partial charge is 0.226 e. The van der Waals surface area contributed by atoms with Gasteiger partial charge in [-0.15, -0.1) is 0 Å². The van der Waals surface area contributed by atoms with Gasteiger partial charge in [0.05, 0.1) is 12.5 Å². The van der Waals surface area contributed by atoms with E-state index in [4.69, 9.17) is 9.72 Å². The molecule has 0 amide bonds. The molecule has 0 atom stereocenters. The average Bonchev–Trinajstić information content (AvgIpc) is 3.14. The highest BCUT2D eigenvalue weighted by Gasteiger charge is 2.23. The highest BCUT2D eigenvalue weighted by molar-refractivity contribution is 5.91. The number of anilines is 2. The molecule has 0 spiro atoms. The zero-order chi connectivity index (χ0) is 21.9. The molecule has 8 heteroatoms. The molecule has 2 aromatic carbocycles. The quantitative estimate of drug-likeness (QED) is 0.458. The van der Waals surface area contributed by atoms with Crippen LogP contribution < -0.4 is 15.0 Å². The number of halogens is 1. The first-order valence-corrected chi connectivity index (χ1v) is 10.8. The monoisotopic (exact) mass is 432 g/mol. The Labute approximate surface area is 185 Å². The molecule has 0 saturated carbocycles. The van der Waals surface area contributed by atoms with Crippen LogP contribution in [0.2, 0.25) is 0 Å². The molecule has 4 aromatic rings. The van der Waals surface area contributed by atoms with Crippen molar-refractivity contribution < 1.29 is 9.13 Å². The summed E-state index contributed by atoms with van der Waals surface area (Å²) in [6.07, 6.45) is 2.68. The normalized spacial score (nSPS) is 13.2. The molecule has 2 N–H and O–H groups in total. The van der Waals surface area contributed by atoms with E-state index in [-0.39, 0.29) is 5.82 Å². The Morgan fingerprint density at radius 3 is 2.62 bits per heavy atom. The van der Waals surface area contributed by atoms with Crippen LogP contribution in [0.1, 0.15) is 23.2 Å². The molecular formula is C24H25FN6O. The van der Waals surface area contributed by atoms with E-state index < -0.39 is 0 Å². The summed E-state index contributed by atoms with van der Waals surface area (Å²) in [5.74, 6) is 2.07. The lowest BCUT2D eigenvalue weighted by atomic mass is 10.1. The fourth-order valence-corrected chi connectivity index (χ4v) is 4.08. The number of rotatable bonds is 7. The lowest BCUT2D eigenvalue weighted by Crippen LogP contribution is -2.25. The second-order valence-electron chi connectivity index (χ2n) is 7.95. The standard InChI is InChI=1S/C24H25FN6O/c1-32-19-10-6-17(7-11-19)15-31-14-2-3-20-21-22(30-29-20)27-24(28-23(21)31)26-13-12-16-4-8-18(25)9-5-16/h4-11H,2-3,12-15H2,1H3,(H2,26,27,28,29,30). The van der Waals surface area contributed by atoms with Crippen LogP contribution in [0.5, 0.6) is 5.75 Å². The Balaban J connectivity index is 1.39. The van der Waals surface area contributed by atoms with E-state index in [0.717, 1.165) is 60.6 Å². The summed E-state index contributed by atoms with van der Waals surface area (Å²) in [6.45, 7) is 2.29. The predicted octanol–water partition coefficient (Wildman–Crippen LogP) is 4.11. The molecule has 0 unspecified atom stereocenters. The third kappa shape index (κ3) is 4.21. The number of aromatic nitrogens is 4. The van der Waals surface area contributed by atoms with Gasteiger partial charge in [0.2, 0.25) is 5.95 Å². The van der Waals surface area contributed by atoms with Gasteiger partial charge >= 0.3 is 0 Å². The van der Waals surface area contributed by atoms with Crippen molar-refractivity contribution in [1.82, 2.24) is 20.2 Å². The van der Waals surface area contributed by atoms with E-state index in [1.54, 1.807) is 19.2 Å². The van der Waals surface area contributed by atoms with Crippen LogP contribution in [0, 0.1) is 5.82 Å². The molecule has 0 radical (unpaired) electrons. The summed E-state index contributed by atoms with van der Waals surface area (Å²) in [4.78, 5) is 11.8. The summed E-state index contributed by atoms with van der Waals surface area (Å²) in [5.41, 5.74) is 4.01. The molecule has 0 fully saturated rings. The summed E-state index contributed by atoms with van der Waals surface area (Å²) >= 11 is 0. The lowest BCUT2D eigenvalue weighted by Gasteiger charge is -2.23. The second kappa shape index (κ2) is 8.82. The van der Waals surface area contributed by atoms with Gasteiger partial charge in [-0.2, -0.15) is 15.1 Å². The van der Waals surface area contributed by atoms with Gasteiger partial charge in [0.25, 0.3) is 0 Å². The van der Waals surface area contributed by atoms with Gasteiger partial charge < -0.3 is 15.0 Å². The minimum atomic E-state index is -0.225. The van der Waals surface area contributed by atoms with Gasteiger partial charge in [-0.3, -0.25) is 5.10 Å². The number of aryl methyl sites for hydroxylation is 1. The summed E-state index contributed by atoms with van der Waals surface area (Å²) in [7, 11) is 1.67. The predicted molar refractivity (Wildman–Crippen MR) is 123 cm³/mol. The largest absolute Gasteiger partial charge is 0.497 e. The van der Waals surface area contributed by atoms with Crippen molar-refractivity contribution in [3.63, 3.8) is 0 Å². The number of ether oxygens (including phenoxy) is 1. The van der Waals surface area contributed by atoms with E-state index in [1.165, 1.54) is 17.7 Å². The van der Waals surface area contributed by atoms with Gasteiger partial charge in [-0.1, -0.05) is 24.3 Å². The van der Waals surface area contributed by atoms with Crippen LogP contribution in [0.3, 0.4) is 0 Å². The maximum absolute atomic E-state index is 13.1. The number of H-pyrrole nitrogens is 1. The Morgan fingerprint density at radius 1 is 1.06 bits per heavy atom. The van der Waals surface area contributed by atoms with E-state index in [9.17, 15) is 4.39 Å². The number of benzene rings is 2. The van der Waals surface area contributed by atoms with Gasteiger partial charge in [0.15, 0.2) is 5.65 Å². The molecule has 0 aliphatic carbocycles. The van der Waals surface area contributed by atoms with Crippen molar-refractivity contribution in [2.45, 2.75) is 25.8 Å². The van der Waals surface area contributed by atoms with Crippen molar-refractivity contribution in [3.8, 4) is 5.75 Å². The first-order chi connectivity index (χ1) is 15.7. The van der Waals surface area contributed by atoms with Crippen LogP contribution in [-0.2, 0) is 19.4 Å². The molecule has 5 rings (SSSR count). The van der Waals surface area contributed by atoms with Crippen molar-refractivity contribution in [2.75, 3.05) is 30.4 Å². The minimum absolute atomic E-state index is 0.225. The summed E-state index contributed by atoms with van der Waals surface area (Å²) in [5, 5.41) is 11.9. The molecule has 7 nitrogen and oxygen atoms in total. The average molecular weight is 433 g/mol. The van der Waals surface area contributed by atoms with Crippen LogP contribution >= 0.6 is 0 Å². The molecule has 32 heavy (non-hydrogen) atoms. The van der Waals surface area contributed by atoms with Gasteiger partial charge in [-0.25, -0.2) is 4.39 Å². The molecule has 1 aliphatic heterocycles. The van der Waals surface area contributed by atoms with Crippen LogP contribution in [0.25, 0.3) is 11.0 Å². The lowest BCUT2D eigenvalue weighted by molar-refractivity contribution is 0.414. The highest BCUT2D eigenvalue weighted by atomic mass is 19.1. The number of aromatic amines is 1. The number of hydrogen-bond donors (Lipinski definition) is 2. The zero-order valence-electron chi connectivity index (χ0n) is 17.9. The first kappa shape index (κ1) is 20.2. The molecule has 3 heterocycles. The fraction of sp³-hybridized carbons (Fsp3) is 0.292. The van der Waals surface area contributed by atoms with E-state index in [2.05, 4.69) is 37.5 Å². The molecule has 164 valence electrons. The topological polar surface area (TPSA) is 79.0 Å². The van der Waals surface area contributed by atoms with Gasteiger partial charge in [0.1, 0.15) is 17.4 Å². The molecule has 0 bridgehead atoms. The van der Waals surface area contributed by atoms with Crippen LogP contribution in [0.15, 0.2) is 48.5 Å². The summed E-state index contributed by atoms with van der Waals surface area (Å²) in [6, 6.07) is 14.7. The van der Waals surface area contributed by atoms with E-state index >= 15 is 0 Å². The molecule has 2 aromatic heterocycles. The number of hydrogen-bond acceptors (Lipinski definition) is 6. The Bertz CT molecular complexity index is 1210. The third-order valence-corrected chi connectivity index (χ3v) is 5.77. The van der Waals surface area contributed by atoms with Crippen LogP contribution in [0.4, 0.5) is 16.2 Å². The zero-order valence-corrected chi connectivity index (χ0v) is 17.9. The molecular weight excluding hydrogens is 407 g/mol. The third-order valence-electron chi connectivity index (χ3n) is 5.77. The fourth-order valence-electron chi connectivity index (χ4n) is 4.08. The van der Waals surface area contributed by atoms with Crippen LogP contribution in [-0.4, -0.2) is 40.4 Å².